The topological polar surface area (TPSA) is 76.2 Å². The van der Waals surface area contributed by atoms with Gasteiger partial charge in [-0.15, -0.1) is 0 Å². The SMILES string of the molecule is Cc1cc(CNC(=O)c2cc(Br)cc3c2OCCO3)n[nH]1. The van der Waals surface area contributed by atoms with E-state index in [-0.39, 0.29) is 5.91 Å². The molecule has 3 rings (SSSR count). The fraction of sp³-hybridized carbons (Fsp3) is 0.286. The van der Waals surface area contributed by atoms with E-state index >= 15 is 0 Å². The number of H-pyrrole nitrogens is 1. The minimum atomic E-state index is -0.223. The third-order valence-electron chi connectivity index (χ3n) is 3.04. The molecule has 6 nitrogen and oxygen atoms in total. The average Bonchev–Trinajstić information content (AvgIpc) is 2.89. The Balaban J connectivity index is 1.79. The van der Waals surface area contributed by atoms with Crippen molar-refractivity contribution in [3.63, 3.8) is 0 Å². The zero-order valence-corrected chi connectivity index (χ0v) is 13.0. The molecule has 110 valence electrons. The number of nitrogens with one attached hydrogen (secondary N) is 2. The monoisotopic (exact) mass is 351 g/mol. The lowest BCUT2D eigenvalue weighted by Crippen LogP contribution is -2.25. The van der Waals surface area contributed by atoms with Crippen LogP contribution in [0.5, 0.6) is 11.5 Å². The Morgan fingerprint density at radius 1 is 1.38 bits per heavy atom. The lowest BCUT2D eigenvalue weighted by molar-refractivity contribution is 0.0939. The van der Waals surface area contributed by atoms with Crippen molar-refractivity contribution in [3.8, 4) is 11.5 Å². The number of fused-ring (bicyclic) bond motifs is 1. The minimum absolute atomic E-state index is 0.223. The van der Waals surface area contributed by atoms with E-state index in [4.69, 9.17) is 9.47 Å². The fourth-order valence-electron chi connectivity index (χ4n) is 2.12. The molecule has 0 saturated carbocycles. The van der Waals surface area contributed by atoms with E-state index < -0.39 is 0 Å². The van der Waals surface area contributed by atoms with Gasteiger partial charge in [0.05, 0.1) is 17.8 Å². The van der Waals surface area contributed by atoms with Crippen LogP contribution in [-0.4, -0.2) is 29.3 Å². The maximum Gasteiger partial charge on any atom is 0.255 e. The Kier molecular flexibility index (Phi) is 3.83. The van der Waals surface area contributed by atoms with Crippen LogP contribution in [0.2, 0.25) is 0 Å². The first-order chi connectivity index (χ1) is 10.1. The molecule has 0 atom stereocenters. The number of halogens is 1. The molecule has 7 heteroatoms. The highest BCUT2D eigenvalue weighted by Gasteiger charge is 2.21. The van der Waals surface area contributed by atoms with Crippen LogP contribution in [-0.2, 0) is 6.54 Å². The Bertz CT molecular complexity index is 684. The molecular formula is C14H14BrN3O3. The summed E-state index contributed by atoms with van der Waals surface area (Å²) in [5, 5.41) is 9.75. The Morgan fingerprint density at radius 3 is 2.95 bits per heavy atom. The van der Waals surface area contributed by atoms with Gasteiger partial charge in [0.1, 0.15) is 13.2 Å². The summed E-state index contributed by atoms with van der Waals surface area (Å²) >= 11 is 3.38. The van der Waals surface area contributed by atoms with Gasteiger partial charge in [0.2, 0.25) is 0 Å². The number of carbonyl (C=O) groups excluding carboxylic acids is 1. The molecular weight excluding hydrogens is 338 g/mol. The first kappa shape index (κ1) is 13.9. The molecule has 1 amide bonds. The van der Waals surface area contributed by atoms with Crippen molar-refractivity contribution >= 4 is 21.8 Å². The minimum Gasteiger partial charge on any atom is -0.486 e. The lowest BCUT2D eigenvalue weighted by atomic mass is 10.1. The summed E-state index contributed by atoms with van der Waals surface area (Å²) in [6.07, 6.45) is 0. The molecule has 1 aliphatic heterocycles. The summed E-state index contributed by atoms with van der Waals surface area (Å²) in [6.45, 7) is 3.18. The molecule has 0 spiro atoms. The van der Waals surface area contributed by atoms with Crippen molar-refractivity contribution < 1.29 is 14.3 Å². The number of aromatic amines is 1. The molecule has 0 unspecified atom stereocenters. The number of ether oxygens (including phenoxy) is 2. The van der Waals surface area contributed by atoms with Crippen LogP contribution in [0.1, 0.15) is 21.7 Å². The standard InChI is InChI=1S/C14H14BrN3O3/c1-8-4-10(18-17-8)7-16-14(19)11-5-9(15)6-12-13(11)21-3-2-20-12/h4-6H,2-3,7H2,1H3,(H,16,19)(H,17,18). The van der Waals surface area contributed by atoms with E-state index in [1.807, 2.05) is 13.0 Å². The van der Waals surface area contributed by atoms with E-state index in [1.54, 1.807) is 12.1 Å². The number of rotatable bonds is 3. The van der Waals surface area contributed by atoms with Gasteiger partial charge in [0.15, 0.2) is 11.5 Å². The number of nitrogens with zero attached hydrogens (tertiary/aromatic N) is 1. The van der Waals surface area contributed by atoms with E-state index in [9.17, 15) is 4.79 Å². The average molecular weight is 352 g/mol. The number of aromatic nitrogens is 2. The van der Waals surface area contributed by atoms with Crippen molar-refractivity contribution in [1.82, 2.24) is 15.5 Å². The molecule has 2 heterocycles. The van der Waals surface area contributed by atoms with Crippen molar-refractivity contribution in [1.29, 1.82) is 0 Å². The summed E-state index contributed by atoms with van der Waals surface area (Å²) < 4.78 is 11.8. The highest BCUT2D eigenvalue weighted by molar-refractivity contribution is 9.10. The molecule has 1 aromatic heterocycles. The van der Waals surface area contributed by atoms with Gasteiger partial charge < -0.3 is 14.8 Å². The molecule has 0 bridgehead atoms. The van der Waals surface area contributed by atoms with Crippen molar-refractivity contribution in [3.05, 3.63) is 39.6 Å². The third-order valence-corrected chi connectivity index (χ3v) is 3.50. The summed E-state index contributed by atoms with van der Waals surface area (Å²) in [6, 6.07) is 5.40. The maximum absolute atomic E-state index is 12.3. The quantitative estimate of drug-likeness (QED) is 0.888. The second-order valence-corrected chi connectivity index (χ2v) is 5.62. The number of carbonyl (C=O) groups is 1. The third kappa shape index (κ3) is 3.02. The van der Waals surface area contributed by atoms with Gasteiger partial charge in [-0.25, -0.2) is 0 Å². The highest BCUT2D eigenvalue weighted by atomic mass is 79.9. The zero-order chi connectivity index (χ0) is 14.8. The van der Waals surface area contributed by atoms with Gasteiger partial charge in [0.25, 0.3) is 5.91 Å². The van der Waals surface area contributed by atoms with Crippen LogP contribution >= 0.6 is 15.9 Å². The largest absolute Gasteiger partial charge is 0.486 e. The normalized spacial score (nSPS) is 13.0. The van der Waals surface area contributed by atoms with E-state index in [1.165, 1.54) is 0 Å². The second-order valence-electron chi connectivity index (χ2n) is 4.70. The molecule has 1 aromatic carbocycles. The highest BCUT2D eigenvalue weighted by Crippen LogP contribution is 2.36. The first-order valence-corrected chi connectivity index (χ1v) is 7.31. The van der Waals surface area contributed by atoms with Gasteiger partial charge in [-0.1, -0.05) is 15.9 Å². The van der Waals surface area contributed by atoms with Gasteiger partial charge in [0, 0.05) is 10.2 Å². The Hall–Kier alpha value is -2.02. The first-order valence-electron chi connectivity index (χ1n) is 6.52. The smallest absolute Gasteiger partial charge is 0.255 e. The Morgan fingerprint density at radius 2 is 2.19 bits per heavy atom. The van der Waals surface area contributed by atoms with Gasteiger partial charge in [-0.2, -0.15) is 5.10 Å². The second kappa shape index (κ2) is 5.77. The summed E-state index contributed by atoms with van der Waals surface area (Å²) in [5.74, 6) is 0.843. The van der Waals surface area contributed by atoms with Gasteiger partial charge >= 0.3 is 0 Å². The molecule has 0 fully saturated rings. The number of amides is 1. The predicted octanol–water partition coefficient (Wildman–Crippen LogP) is 2.18. The number of aryl methyl sites for hydroxylation is 1. The summed E-state index contributed by atoms with van der Waals surface area (Å²) in [5.41, 5.74) is 2.18. The van der Waals surface area contributed by atoms with Crippen LogP contribution in [0.3, 0.4) is 0 Å². The number of hydrogen-bond acceptors (Lipinski definition) is 4. The van der Waals surface area contributed by atoms with Crippen molar-refractivity contribution in [2.45, 2.75) is 13.5 Å². The van der Waals surface area contributed by atoms with Crippen LogP contribution in [0.4, 0.5) is 0 Å². The molecule has 1 aliphatic rings. The predicted molar refractivity (Wildman–Crippen MR) is 79.6 cm³/mol. The molecule has 2 N–H and O–H groups in total. The van der Waals surface area contributed by atoms with Crippen LogP contribution in [0.25, 0.3) is 0 Å². The molecule has 2 aromatic rings. The molecule has 0 aliphatic carbocycles. The molecule has 21 heavy (non-hydrogen) atoms. The van der Waals surface area contributed by atoms with E-state index in [2.05, 4.69) is 31.4 Å². The summed E-state index contributed by atoms with van der Waals surface area (Å²) in [4.78, 5) is 12.3. The zero-order valence-electron chi connectivity index (χ0n) is 11.4. The van der Waals surface area contributed by atoms with E-state index in [0.29, 0.717) is 36.8 Å². The van der Waals surface area contributed by atoms with Gasteiger partial charge in [-0.3, -0.25) is 9.89 Å². The van der Waals surface area contributed by atoms with Crippen LogP contribution in [0, 0.1) is 6.92 Å². The molecule has 0 saturated heterocycles. The molecule has 0 radical (unpaired) electrons. The summed E-state index contributed by atoms with van der Waals surface area (Å²) in [7, 11) is 0. The van der Waals surface area contributed by atoms with Crippen LogP contribution < -0.4 is 14.8 Å². The number of benzene rings is 1. The lowest BCUT2D eigenvalue weighted by Gasteiger charge is -2.21. The van der Waals surface area contributed by atoms with Gasteiger partial charge in [-0.05, 0) is 25.1 Å². The van der Waals surface area contributed by atoms with Crippen LogP contribution in [0.15, 0.2) is 22.7 Å². The Labute approximate surface area is 130 Å². The maximum atomic E-state index is 12.3. The number of hydrogen-bond donors (Lipinski definition) is 2. The van der Waals surface area contributed by atoms with Crippen molar-refractivity contribution in [2.24, 2.45) is 0 Å². The van der Waals surface area contributed by atoms with E-state index in [0.717, 1.165) is 15.9 Å². The fourth-order valence-corrected chi connectivity index (χ4v) is 2.56. The van der Waals surface area contributed by atoms with Crippen molar-refractivity contribution in [2.75, 3.05) is 13.2 Å².